The Kier molecular flexibility index (Phi) is 4.34. The minimum atomic E-state index is -0.294. The zero-order chi connectivity index (χ0) is 22.9. The summed E-state index contributed by atoms with van der Waals surface area (Å²) < 4.78 is 0. The quantitative estimate of drug-likeness (QED) is 0.265. The number of fused-ring (bicyclic) bond motifs is 8. The van der Waals surface area contributed by atoms with Crippen molar-refractivity contribution in [3.8, 4) is 11.1 Å². The molecule has 0 radical (unpaired) electrons. The highest BCUT2D eigenvalue weighted by Crippen LogP contribution is 2.64. The van der Waals surface area contributed by atoms with E-state index in [1.807, 2.05) is 23.9 Å². The first-order valence-corrected chi connectivity index (χ1v) is 13.0. The minimum absolute atomic E-state index is 0.177. The van der Waals surface area contributed by atoms with Gasteiger partial charge in [0.2, 0.25) is 0 Å². The smallest absolute Gasteiger partial charge is 0.0698 e. The fourth-order valence-corrected chi connectivity index (χ4v) is 7.94. The third kappa shape index (κ3) is 2.57. The molecule has 1 aliphatic heterocycles. The molecular weight excluding hydrogens is 452 g/mol. The monoisotopic (exact) mass is 474 g/mol. The molecule has 7 rings (SSSR count). The Bertz CT molecular complexity index is 1500. The summed E-state index contributed by atoms with van der Waals surface area (Å²) in [5.41, 5.74) is 9.09. The first-order chi connectivity index (χ1) is 16.6. The Hall–Kier alpha value is -3.00. The van der Waals surface area contributed by atoms with Gasteiger partial charge in [0.05, 0.1) is 5.41 Å². The molecule has 2 aliphatic carbocycles. The molecule has 1 spiro atoms. The molecule has 0 amide bonds. The summed E-state index contributed by atoms with van der Waals surface area (Å²) in [5.74, 6) is 0. The topological polar surface area (TPSA) is 0 Å². The summed E-state index contributed by atoms with van der Waals surface area (Å²) in [4.78, 5) is 2.72. The van der Waals surface area contributed by atoms with Crippen molar-refractivity contribution < 1.29 is 0 Å². The fourth-order valence-electron chi connectivity index (χ4n) is 6.39. The largest absolute Gasteiger partial charge is 0.0898 e. The van der Waals surface area contributed by atoms with E-state index in [4.69, 9.17) is 11.6 Å². The Morgan fingerprint density at radius 2 is 1.24 bits per heavy atom. The maximum atomic E-state index is 6.76. The molecule has 0 fully saturated rings. The molecule has 1 unspecified atom stereocenters. The van der Waals surface area contributed by atoms with Crippen molar-refractivity contribution in [1.82, 2.24) is 0 Å². The molecule has 1 atom stereocenters. The summed E-state index contributed by atoms with van der Waals surface area (Å²) in [7, 11) is 0. The van der Waals surface area contributed by atoms with Crippen LogP contribution in [0, 0.1) is 0 Å². The van der Waals surface area contributed by atoms with Gasteiger partial charge in [0.25, 0.3) is 0 Å². The second kappa shape index (κ2) is 7.25. The summed E-state index contributed by atoms with van der Waals surface area (Å²) in [6, 6.07) is 35.3. The predicted octanol–water partition coefficient (Wildman–Crippen LogP) is 8.93. The molecular formula is C32H23ClS. The van der Waals surface area contributed by atoms with Gasteiger partial charge >= 0.3 is 0 Å². The van der Waals surface area contributed by atoms with Crippen LogP contribution in [0.25, 0.3) is 11.1 Å². The molecule has 3 aliphatic rings. The maximum absolute atomic E-state index is 6.76. The van der Waals surface area contributed by atoms with Gasteiger partial charge in [0.1, 0.15) is 0 Å². The molecule has 0 saturated heterocycles. The van der Waals surface area contributed by atoms with E-state index in [0.29, 0.717) is 0 Å². The van der Waals surface area contributed by atoms with E-state index in [9.17, 15) is 0 Å². The van der Waals surface area contributed by atoms with Crippen molar-refractivity contribution in [2.24, 2.45) is 0 Å². The highest BCUT2D eigenvalue weighted by Gasteiger charge is 2.53. The highest BCUT2D eigenvalue weighted by molar-refractivity contribution is 8.03. The van der Waals surface area contributed by atoms with Crippen molar-refractivity contribution in [3.05, 3.63) is 147 Å². The first-order valence-electron chi connectivity index (χ1n) is 11.8. The SMILES string of the molecule is CC1(c2ccccc2Cl)C=CC2=C(C1)C1(c3ccccc3S2)c2ccccc2-c2ccccc21. The normalized spacial score (nSPS) is 21.1. The number of allylic oxidation sites excluding steroid dienone is 3. The van der Waals surface area contributed by atoms with Crippen LogP contribution in [0.1, 0.15) is 35.6 Å². The number of hydrogen-bond donors (Lipinski definition) is 0. The Balaban J connectivity index is 1.56. The number of benzene rings is 4. The van der Waals surface area contributed by atoms with Gasteiger partial charge in [-0.3, -0.25) is 0 Å². The van der Waals surface area contributed by atoms with Gasteiger partial charge in [-0.15, -0.1) is 0 Å². The third-order valence-electron chi connectivity index (χ3n) is 7.85. The molecule has 0 nitrogen and oxygen atoms in total. The minimum Gasteiger partial charge on any atom is -0.0898 e. The van der Waals surface area contributed by atoms with E-state index in [0.717, 1.165) is 11.4 Å². The summed E-state index contributed by atoms with van der Waals surface area (Å²) >= 11 is 8.67. The van der Waals surface area contributed by atoms with Gasteiger partial charge < -0.3 is 0 Å². The van der Waals surface area contributed by atoms with Crippen LogP contribution in [0.15, 0.2) is 125 Å². The molecule has 2 heteroatoms. The van der Waals surface area contributed by atoms with Crippen LogP contribution >= 0.6 is 23.4 Å². The lowest BCUT2D eigenvalue weighted by atomic mass is 9.61. The van der Waals surface area contributed by atoms with Crippen LogP contribution in [0.5, 0.6) is 0 Å². The molecule has 0 aromatic heterocycles. The number of thioether (sulfide) groups is 1. The molecule has 0 saturated carbocycles. The van der Waals surface area contributed by atoms with E-state index in [1.165, 1.54) is 48.8 Å². The van der Waals surface area contributed by atoms with Crippen LogP contribution in [0.3, 0.4) is 0 Å². The summed E-state index contributed by atoms with van der Waals surface area (Å²) in [5, 5.41) is 0.837. The van der Waals surface area contributed by atoms with Crippen molar-refractivity contribution in [2.45, 2.75) is 29.1 Å². The van der Waals surface area contributed by atoms with Crippen molar-refractivity contribution >= 4 is 23.4 Å². The van der Waals surface area contributed by atoms with Gasteiger partial charge in [0.15, 0.2) is 0 Å². The lowest BCUT2D eigenvalue weighted by Crippen LogP contribution is -2.37. The Morgan fingerprint density at radius 1 is 0.676 bits per heavy atom. The van der Waals surface area contributed by atoms with Gasteiger partial charge in [-0.2, -0.15) is 0 Å². The lowest BCUT2D eigenvalue weighted by Gasteiger charge is -2.46. The Morgan fingerprint density at radius 3 is 1.91 bits per heavy atom. The molecule has 34 heavy (non-hydrogen) atoms. The third-order valence-corrected chi connectivity index (χ3v) is 9.36. The first kappa shape index (κ1) is 20.4. The molecule has 1 heterocycles. The lowest BCUT2D eigenvalue weighted by molar-refractivity contribution is 0.531. The molecule has 0 N–H and O–H groups in total. The Labute approximate surface area is 210 Å². The van der Waals surface area contributed by atoms with Gasteiger partial charge in [-0.25, -0.2) is 0 Å². The maximum Gasteiger partial charge on any atom is 0.0698 e. The number of halogens is 1. The summed E-state index contributed by atoms with van der Waals surface area (Å²) in [6.07, 6.45) is 5.65. The van der Waals surface area contributed by atoms with Gasteiger partial charge in [0, 0.05) is 20.2 Å². The zero-order valence-corrected chi connectivity index (χ0v) is 20.5. The zero-order valence-electron chi connectivity index (χ0n) is 18.9. The molecule has 4 aromatic rings. The van der Waals surface area contributed by atoms with Crippen molar-refractivity contribution in [3.63, 3.8) is 0 Å². The van der Waals surface area contributed by atoms with Crippen LogP contribution in [0.4, 0.5) is 0 Å². The second-order valence-electron chi connectivity index (χ2n) is 9.69. The van der Waals surface area contributed by atoms with E-state index in [-0.39, 0.29) is 10.8 Å². The van der Waals surface area contributed by atoms with Crippen LogP contribution in [-0.4, -0.2) is 0 Å². The standard InChI is InChI=1S/C32H23ClS/c1-31(25-14-6-8-16-28(25)33)19-18-30-27(20-31)32(26-15-7-9-17-29(26)34-30)23-12-4-2-10-21(23)22-11-3-5-13-24(22)32/h2-19H,20H2,1H3. The van der Waals surface area contributed by atoms with Crippen LogP contribution in [0.2, 0.25) is 5.02 Å². The molecule has 164 valence electrons. The average Bonchev–Trinajstić information content (AvgIpc) is 3.16. The van der Waals surface area contributed by atoms with Crippen molar-refractivity contribution in [1.29, 1.82) is 0 Å². The van der Waals surface area contributed by atoms with Gasteiger partial charge in [-0.1, -0.05) is 127 Å². The number of rotatable bonds is 1. The second-order valence-corrected chi connectivity index (χ2v) is 11.2. The van der Waals surface area contributed by atoms with Crippen LogP contribution < -0.4 is 0 Å². The molecule has 0 bridgehead atoms. The van der Waals surface area contributed by atoms with Crippen molar-refractivity contribution in [2.75, 3.05) is 0 Å². The average molecular weight is 475 g/mol. The van der Waals surface area contributed by atoms with Crippen LogP contribution in [-0.2, 0) is 10.8 Å². The van der Waals surface area contributed by atoms with E-state index in [2.05, 4.69) is 104 Å². The predicted molar refractivity (Wildman–Crippen MR) is 144 cm³/mol. The van der Waals surface area contributed by atoms with E-state index >= 15 is 0 Å². The molecule has 4 aromatic carbocycles. The highest BCUT2D eigenvalue weighted by atomic mass is 35.5. The fraction of sp³-hybridized carbons (Fsp3) is 0.125. The number of hydrogen-bond acceptors (Lipinski definition) is 1. The van der Waals surface area contributed by atoms with E-state index in [1.54, 1.807) is 0 Å². The van der Waals surface area contributed by atoms with E-state index < -0.39 is 0 Å². The van der Waals surface area contributed by atoms with Gasteiger partial charge in [-0.05, 0) is 57.5 Å². The summed E-state index contributed by atoms with van der Waals surface area (Å²) in [6.45, 7) is 2.33.